The molecule has 2 aliphatic rings. The van der Waals surface area contributed by atoms with E-state index < -0.39 is 0 Å². The average molecular weight is 281 g/mol. The average Bonchev–Trinajstić information content (AvgIpc) is 2.47. The van der Waals surface area contributed by atoms with Gasteiger partial charge in [-0.3, -0.25) is 0 Å². The van der Waals surface area contributed by atoms with Crippen LogP contribution in [0.4, 0.5) is 0 Å². The Labute approximate surface area is 125 Å². The monoisotopic (exact) mass is 281 g/mol. The highest BCUT2D eigenvalue weighted by Gasteiger charge is 2.41. The smallest absolute Gasteiger partial charge is 0.0685 e. The molecule has 1 aliphatic heterocycles. The molecule has 20 heavy (non-hydrogen) atoms. The molecule has 118 valence electrons. The van der Waals surface area contributed by atoms with Crippen LogP contribution in [0.1, 0.15) is 84.5 Å². The number of rotatable bonds is 6. The van der Waals surface area contributed by atoms with Crippen molar-refractivity contribution in [1.82, 2.24) is 0 Å². The first-order valence-electron chi connectivity index (χ1n) is 9.10. The van der Waals surface area contributed by atoms with Gasteiger partial charge in [-0.1, -0.05) is 46.0 Å². The molecule has 1 heterocycles. The molecule has 1 aliphatic carbocycles. The predicted octanol–water partition coefficient (Wildman–Crippen LogP) is 4.66. The lowest BCUT2D eigenvalue weighted by atomic mass is 9.71. The molecule has 1 saturated carbocycles. The standard InChI is InChI=1S/C18H35NO/c1-3-8-15(9-4-2)17(19)16-10-13-20-18(14-16)11-6-5-7-12-18/h15-17H,3-14,19H2,1-2H3. The van der Waals surface area contributed by atoms with E-state index in [2.05, 4.69) is 13.8 Å². The second kappa shape index (κ2) is 7.79. The SMILES string of the molecule is CCCC(CCC)C(N)C1CCOC2(CCCCC2)C1. The van der Waals surface area contributed by atoms with Crippen LogP contribution in [0.3, 0.4) is 0 Å². The molecule has 2 rings (SSSR count). The largest absolute Gasteiger partial charge is 0.375 e. The van der Waals surface area contributed by atoms with Crippen molar-refractivity contribution in [2.24, 2.45) is 17.6 Å². The van der Waals surface area contributed by atoms with Gasteiger partial charge >= 0.3 is 0 Å². The summed E-state index contributed by atoms with van der Waals surface area (Å²) in [4.78, 5) is 0. The van der Waals surface area contributed by atoms with Crippen molar-refractivity contribution in [3.8, 4) is 0 Å². The van der Waals surface area contributed by atoms with Crippen LogP contribution in [0.2, 0.25) is 0 Å². The summed E-state index contributed by atoms with van der Waals surface area (Å²) in [6.45, 7) is 5.54. The van der Waals surface area contributed by atoms with Crippen molar-refractivity contribution in [2.45, 2.75) is 96.1 Å². The molecule has 0 amide bonds. The van der Waals surface area contributed by atoms with E-state index in [4.69, 9.17) is 10.5 Å². The molecule has 0 aromatic carbocycles. The van der Waals surface area contributed by atoms with Crippen molar-refractivity contribution in [1.29, 1.82) is 0 Å². The summed E-state index contributed by atoms with van der Waals surface area (Å²) in [7, 11) is 0. The molecule has 2 heteroatoms. The third-order valence-corrected chi connectivity index (χ3v) is 5.70. The van der Waals surface area contributed by atoms with Crippen molar-refractivity contribution in [3.63, 3.8) is 0 Å². The van der Waals surface area contributed by atoms with Crippen molar-refractivity contribution in [2.75, 3.05) is 6.61 Å². The molecule has 0 bridgehead atoms. The molecule has 1 saturated heterocycles. The Morgan fingerprint density at radius 2 is 1.75 bits per heavy atom. The predicted molar refractivity (Wildman–Crippen MR) is 85.8 cm³/mol. The molecule has 0 aromatic heterocycles. The van der Waals surface area contributed by atoms with Gasteiger partial charge in [0.15, 0.2) is 0 Å². The van der Waals surface area contributed by atoms with E-state index in [0.717, 1.165) is 12.5 Å². The van der Waals surface area contributed by atoms with Gasteiger partial charge in [-0.2, -0.15) is 0 Å². The molecule has 2 N–H and O–H groups in total. The van der Waals surface area contributed by atoms with Crippen LogP contribution in [0.15, 0.2) is 0 Å². The Kier molecular flexibility index (Phi) is 6.35. The second-order valence-electron chi connectivity index (χ2n) is 7.26. The van der Waals surface area contributed by atoms with Gasteiger partial charge in [0.1, 0.15) is 0 Å². The summed E-state index contributed by atoms with van der Waals surface area (Å²) in [5.41, 5.74) is 6.91. The van der Waals surface area contributed by atoms with Crippen LogP contribution in [0.5, 0.6) is 0 Å². The van der Waals surface area contributed by atoms with E-state index in [9.17, 15) is 0 Å². The third-order valence-electron chi connectivity index (χ3n) is 5.70. The fourth-order valence-electron chi connectivity index (χ4n) is 4.59. The summed E-state index contributed by atoms with van der Waals surface area (Å²) in [5.74, 6) is 1.43. The Balaban J connectivity index is 1.95. The molecular formula is C18H35NO. The first kappa shape index (κ1) is 16.3. The van der Waals surface area contributed by atoms with Gasteiger partial charge in [-0.15, -0.1) is 0 Å². The van der Waals surface area contributed by atoms with Gasteiger partial charge in [-0.05, 0) is 50.4 Å². The molecule has 1 spiro atoms. The zero-order valence-electron chi connectivity index (χ0n) is 13.7. The van der Waals surface area contributed by atoms with E-state index in [1.165, 1.54) is 70.6 Å². The van der Waals surface area contributed by atoms with Gasteiger partial charge < -0.3 is 10.5 Å². The lowest BCUT2D eigenvalue weighted by molar-refractivity contribution is -0.122. The van der Waals surface area contributed by atoms with E-state index in [-0.39, 0.29) is 5.60 Å². The molecule has 2 fully saturated rings. The summed E-state index contributed by atoms with van der Waals surface area (Å²) in [6, 6.07) is 0.401. The lowest BCUT2D eigenvalue weighted by Crippen LogP contribution is -2.48. The minimum absolute atomic E-state index is 0.210. The van der Waals surface area contributed by atoms with Crippen molar-refractivity contribution in [3.05, 3.63) is 0 Å². The quantitative estimate of drug-likeness (QED) is 0.768. The Morgan fingerprint density at radius 1 is 1.10 bits per heavy atom. The Bertz CT molecular complexity index is 261. The van der Waals surface area contributed by atoms with Crippen LogP contribution in [-0.2, 0) is 4.74 Å². The van der Waals surface area contributed by atoms with Gasteiger partial charge in [-0.25, -0.2) is 0 Å². The van der Waals surface area contributed by atoms with E-state index in [1.807, 2.05) is 0 Å². The molecule has 2 atom stereocenters. The van der Waals surface area contributed by atoms with E-state index in [0.29, 0.717) is 12.0 Å². The zero-order chi connectivity index (χ0) is 14.4. The Morgan fingerprint density at radius 3 is 2.35 bits per heavy atom. The van der Waals surface area contributed by atoms with Gasteiger partial charge in [0.25, 0.3) is 0 Å². The fraction of sp³-hybridized carbons (Fsp3) is 1.00. The molecular weight excluding hydrogens is 246 g/mol. The summed E-state index contributed by atoms with van der Waals surface area (Å²) >= 11 is 0. The second-order valence-corrected chi connectivity index (χ2v) is 7.26. The fourth-order valence-corrected chi connectivity index (χ4v) is 4.59. The minimum atomic E-state index is 0.210. The highest BCUT2D eigenvalue weighted by molar-refractivity contribution is 4.93. The van der Waals surface area contributed by atoms with Gasteiger partial charge in [0.05, 0.1) is 5.60 Å². The topological polar surface area (TPSA) is 35.2 Å². The van der Waals surface area contributed by atoms with E-state index >= 15 is 0 Å². The van der Waals surface area contributed by atoms with Crippen LogP contribution < -0.4 is 5.73 Å². The van der Waals surface area contributed by atoms with Crippen LogP contribution >= 0.6 is 0 Å². The van der Waals surface area contributed by atoms with Crippen LogP contribution in [0, 0.1) is 11.8 Å². The molecule has 0 aromatic rings. The number of hydrogen-bond donors (Lipinski definition) is 1. The molecule has 0 radical (unpaired) electrons. The Hall–Kier alpha value is -0.0800. The normalized spacial score (nSPS) is 27.9. The maximum Gasteiger partial charge on any atom is 0.0685 e. The first-order valence-corrected chi connectivity index (χ1v) is 9.10. The summed E-state index contributed by atoms with van der Waals surface area (Å²) in [5, 5.41) is 0. The minimum Gasteiger partial charge on any atom is -0.375 e. The summed E-state index contributed by atoms with van der Waals surface area (Å²) < 4.78 is 6.23. The van der Waals surface area contributed by atoms with Crippen molar-refractivity contribution < 1.29 is 4.74 Å². The van der Waals surface area contributed by atoms with Crippen LogP contribution in [-0.4, -0.2) is 18.2 Å². The van der Waals surface area contributed by atoms with Gasteiger partial charge in [0.2, 0.25) is 0 Å². The highest BCUT2D eigenvalue weighted by atomic mass is 16.5. The highest BCUT2D eigenvalue weighted by Crippen LogP contribution is 2.42. The van der Waals surface area contributed by atoms with Crippen molar-refractivity contribution >= 4 is 0 Å². The van der Waals surface area contributed by atoms with Gasteiger partial charge in [0, 0.05) is 12.6 Å². The molecule has 2 unspecified atom stereocenters. The van der Waals surface area contributed by atoms with Crippen LogP contribution in [0.25, 0.3) is 0 Å². The maximum absolute atomic E-state index is 6.70. The number of nitrogens with two attached hydrogens (primary N) is 1. The first-order chi connectivity index (χ1) is 9.71. The number of ether oxygens (including phenoxy) is 1. The lowest BCUT2D eigenvalue weighted by Gasteiger charge is -2.46. The third kappa shape index (κ3) is 3.98. The van der Waals surface area contributed by atoms with E-state index in [1.54, 1.807) is 0 Å². The summed E-state index contributed by atoms with van der Waals surface area (Å²) in [6.07, 6.45) is 14.2. The molecule has 2 nitrogen and oxygen atoms in total. The zero-order valence-corrected chi connectivity index (χ0v) is 13.7. The number of hydrogen-bond acceptors (Lipinski definition) is 2. The maximum atomic E-state index is 6.70.